The predicted octanol–water partition coefficient (Wildman–Crippen LogP) is 2.95. The Morgan fingerprint density at radius 3 is 2.62 bits per heavy atom. The molecule has 3 rings (SSSR count). The Kier molecular flexibility index (Phi) is 4.91. The first-order valence-electron chi connectivity index (χ1n) is 7.63. The van der Waals surface area contributed by atoms with E-state index in [4.69, 9.17) is 9.47 Å². The molecule has 0 atom stereocenters. The SMILES string of the molecule is O=C(CSc1ccc2c(c1)OCCCO2)N1CCCCC1. The van der Waals surface area contributed by atoms with Gasteiger partial charge in [-0.15, -0.1) is 11.8 Å². The van der Waals surface area contributed by atoms with E-state index < -0.39 is 0 Å². The van der Waals surface area contributed by atoms with Crippen LogP contribution in [0.2, 0.25) is 0 Å². The number of likely N-dealkylation sites (tertiary alicyclic amines) is 1. The first-order chi connectivity index (χ1) is 10.3. The zero-order valence-corrected chi connectivity index (χ0v) is 13.0. The van der Waals surface area contributed by atoms with Gasteiger partial charge in [0.15, 0.2) is 11.5 Å². The molecule has 1 fully saturated rings. The number of amides is 1. The molecule has 0 aromatic heterocycles. The lowest BCUT2D eigenvalue weighted by Crippen LogP contribution is -2.36. The Hall–Kier alpha value is -1.36. The molecule has 1 aromatic rings. The molecule has 1 aromatic carbocycles. The number of hydrogen-bond acceptors (Lipinski definition) is 4. The maximum absolute atomic E-state index is 12.2. The summed E-state index contributed by atoms with van der Waals surface area (Å²) in [6.45, 7) is 3.22. The van der Waals surface area contributed by atoms with Gasteiger partial charge in [0.1, 0.15) is 0 Å². The van der Waals surface area contributed by atoms with Crippen LogP contribution in [0.25, 0.3) is 0 Å². The second-order valence-electron chi connectivity index (χ2n) is 5.39. The number of nitrogens with zero attached hydrogens (tertiary/aromatic N) is 1. The average Bonchev–Trinajstić information content (AvgIpc) is 2.78. The van der Waals surface area contributed by atoms with Gasteiger partial charge in [0.25, 0.3) is 0 Å². The summed E-state index contributed by atoms with van der Waals surface area (Å²) in [5, 5.41) is 0. The molecule has 1 saturated heterocycles. The Morgan fingerprint density at radius 1 is 1.05 bits per heavy atom. The lowest BCUT2D eigenvalue weighted by molar-refractivity contribution is -0.129. The quantitative estimate of drug-likeness (QED) is 0.805. The number of thioether (sulfide) groups is 1. The average molecular weight is 307 g/mol. The van der Waals surface area contributed by atoms with E-state index >= 15 is 0 Å². The highest BCUT2D eigenvalue weighted by Crippen LogP contribution is 2.34. The number of fused-ring (bicyclic) bond motifs is 1. The molecule has 4 nitrogen and oxygen atoms in total. The third-order valence-corrected chi connectivity index (χ3v) is 4.77. The maximum atomic E-state index is 12.2. The van der Waals surface area contributed by atoms with Gasteiger partial charge in [-0.3, -0.25) is 4.79 Å². The molecule has 114 valence electrons. The van der Waals surface area contributed by atoms with Crippen LogP contribution >= 0.6 is 11.8 Å². The van der Waals surface area contributed by atoms with Gasteiger partial charge in [0.2, 0.25) is 5.91 Å². The first-order valence-corrected chi connectivity index (χ1v) is 8.62. The van der Waals surface area contributed by atoms with E-state index in [9.17, 15) is 4.79 Å². The van der Waals surface area contributed by atoms with E-state index in [2.05, 4.69) is 0 Å². The monoisotopic (exact) mass is 307 g/mol. The summed E-state index contributed by atoms with van der Waals surface area (Å²) < 4.78 is 11.3. The highest BCUT2D eigenvalue weighted by molar-refractivity contribution is 8.00. The van der Waals surface area contributed by atoms with Crippen molar-refractivity contribution in [2.45, 2.75) is 30.6 Å². The minimum absolute atomic E-state index is 0.242. The van der Waals surface area contributed by atoms with Gasteiger partial charge >= 0.3 is 0 Å². The molecular weight excluding hydrogens is 286 g/mol. The van der Waals surface area contributed by atoms with E-state index in [1.54, 1.807) is 11.8 Å². The fourth-order valence-electron chi connectivity index (χ4n) is 2.61. The van der Waals surface area contributed by atoms with Crippen LogP contribution in [-0.2, 0) is 4.79 Å². The summed E-state index contributed by atoms with van der Waals surface area (Å²) in [6, 6.07) is 5.92. The van der Waals surface area contributed by atoms with E-state index in [1.165, 1.54) is 6.42 Å². The fourth-order valence-corrected chi connectivity index (χ4v) is 3.44. The zero-order chi connectivity index (χ0) is 14.5. The molecule has 0 bridgehead atoms. The topological polar surface area (TPSA) is 38.8 Å². The third-order valence-electron chi connectivity index (χ3n) is 3.79. The van der Waals surface area contributed by atoms with Crippen molar-refractivity contribution in [3.63, 3.8) is 0 Å². The van der Waals surface area contributed by atoms with E-state index in [0.29, 0.717) is 19.0 Å². The van der Waals surface area contributed by atoms with Crippen LogP contribution in [0.3, 0.4) is 0 Å². The van der Waals surface area contributed by atoms with Crippen molar-refractivity contribution in [2.24, 2.45) is 0 Å². The van der Waals surface area contributed by atoms with Crippen molar-refractivity contribution in [1.29, 1.82) is 0 Å². The van der Waals surface area contributed by atoms with Crippen LogP contribution < -0.4 is 9.47 Å². The van der Waals surface area contributed by atoms with Crippen molar-refractivity contribution in [3.8, 4) is 11.5 Å². The van der Waals surface area contributed by atoms with Crippen LogP contribution in [0, 0.1) is 0 Å². The van der Waals surface area contributed by atoms with Crippen LogP contribution in [0.5, 0.6) is 11.5 Å². The molecule has 2 aliphatic heterocycles. The summed E-state index contributed by atoms with van der Waals surface area (Å²) in [7, 11) is 0. The molecule has 0 aliphatic carbocycles. The van der Waals surface area contributed by atoms with Gasteiger partial charge in [0.05, 0.1) is 19.0 Å². The predicted molar refractivity (Wildman–Crippen MR) is 83.2 cm³/mol. The number of piperidine rings is 1. The van der Waals surface area contributed by atoms with Crippen molar-refractivity contribution in [1.82, 2.24) is 4.90 Å². The molecule has 5 heteroatoms. The summed E-state index contributed by atoms with van der Waals surface area (Å²) in [5.41, 5.74) is 0. The Balaban J connectivity index is 1.57. The molecule has 0 spiro atoms. The number of benzene rings is 1. The van der Waals surface area contributed by atoms with E-state index in [1.807, 2.05) is 23.1 Å². The molecule has 0 saturated carbocycles. The van der Waals surface area contributed by atoms with Crippen LogP contribution in [0.15, 0.2) is 23.1 Å². The number of ether oxygens (including phenoxy) is 2. The number of rotatable bonds is 3. The molecule has 0 unspecified atom stereocenters. The van der Waals surface area contributed by atoms with Gasteiger partial charge in [-0.05, 0) is 37.5 Å². The van der Waals surface area contributed by atoms with Gasteiger partial charge in [-0.2, -0.15) is 0 Å². The molecular formula is C16H21NO3S. The minimum atomic E-state index is 0.242. The van der Waals surface area contributed by atoms with Crippen LogP contribution in [0.4, 0.5) is 0 Å². The summed E-state index contributed by atoms with van der Waals surface area (Å²) >= 11 is 1.58. The Labute approximate surface area is 129 Å². The second-order valence-corrected chi connectivity index (χ2v) is 6.44. The zero-order valence-electron chi connectivity index (χ0n) is 12.2. The minimum Gasteiger partial charge on any atom is -0.490 e. The number of carbonyl (C=O) groups excluding carboxylic acids is 1. The first kappa shape index (κ1) is 14.6. The van der Waals surface area contributed by atoms with Crippen LogP contribution in [0.1, 0.15) is 25.7 Å². The highest BCUT2D eigenvalue weighted by atomic mass is 32.2. The summed E-state index contributed by atoms with van der Waals surface area (Å²) in [6.07, 6.45) is 4.44. The van der Waals surface area contributed by atoms with Crippen molar-refractivity contribution in [2.75, 3.05) is 32.1 Å². The molecule has 21 heavy (non-hydrogen) atoms. The summed E-state index contributed by atoms with van der Waals surface area (Å²) in [5.74, 6) is 2.34. The van der Waals surface area contributed by atoms with Crippen molar-refractivity contribution >= 4 is 17.7 Å². The largest absolute Gasteiger partial charge is 0.490 e. The van der Waals surface area contributed by atoms with Crippen molar-refractivity contribution < 1.29 is 14.3 Å². The molecule has 0 radical (unpaired) electrons. The Bertz CT molecular complexity index is 500. The standard InChI is InChI=1S/C16H21NO3S/c18-16(17-7-2-1-3-8-17)12-21-13-5-6-14-15(11-13)20-10-4-9-19-14/h5-6,11H,1-4,7-10,12H2. The van der Waals surface area contributed by atoms with E-state index in [-0.39, 0.29) is 5.91 Å². The summed E-state index contributed by atoms with van der Waals surface area (Å²) in [4.78, 5) is 15.2. The van der Waals surface area contributed by atoms with Crippen molar-refractivity contribution in [3.05, 3.63) is 18.2 Å². The third kappa shape index (κ3) is 3.84. The van der Waals surface area contributed by atoms with Gasteiger partial charge < -0.3 is 14.4 Å². The molecule has 2 heterocycles. The molecule has 0 N–H and O–H groups in total. The maximum Gasteiger partial charge on any atom is 0.232 e. The van der Waals surface area contributed by atoms with Crippen LogP contribution in [-0.4, -0.2) is 42.9 Å². The number of hydrogen-bond donors (Lipinski definition) is 0. The lowest BCUT2D eigenvalue weighted by atomic mass is 10.1. The fraction of sp³-hybridized carbons (Fsp3) is 0.562. The van der Waals surface area contributed by atoms with Gasteiger partial charge in [-0.1, -0.05) is 0 Å². The smallest absolute Gasteiger partial charge is 0.232 e. The molecule has 1 amide bonds. The highest BCUT2D eigenvalue weighted by Gasteiger charge is 2.17. The van der Waals surface area contributed by atoms with Gasteiger partial charge in [0, 0.05) is 24.4 Å². The lowest BCUT2D eigenvalue weighted by Gasteiger charge is -2.26. The number of carbonyl (C=O) groups is 1. The van der Waals surface area contributed by atoms with Gasteiger partial charge in [-0.25, -0.2) is 0 Å². The normalized spacial score (nSPS) is 18.2. The Morgan fingerprint density at radius 2 is 1.81 bits per heavy atom. The van der Waals surface area contributed by atoms with E-state index in [0.717, 1.165) is 48.7 Å². The second kappa shape index (κ2) is 7.07. The molecule has 2 aliphatic rings.